The summed E-state index contributed by atoms with van der Waals surface area (Å²) in [5, 5.41) is 6.23. The topological polar surface area (TPSA) is 41.1 Å². The third-order valence-corrected chi connectivity index (χ3v) is 3.54. The summed E-state index contributed by atoms with van der Waals surface area (Å²) in [6.45, 7) is 5.60. The Labute approximate surface area is 120 Å². The summed E-state index contributed by atoms with van der Waals surface area (Å²) in [6, 6.07) is 5.93. The van der Waals surface area contributed by atoms with Crippen molar-refractivity contribution < 1.29 is 4.79 Å². The van der Waals surface area contributed by atoms with Gasteiger partial charge in [0, 0.05) is 18.8 Å². The second-order valence-corrected chi connectivity index (χ2v) is 5.52. The highest BCUT2D eigenvalue weighted by Gasteiger charge is 2.10. The number of rotatable bonds is 8. The fourth-order valence-electron chi connectivity index (χ4n) is 1.86. The van der Waals surface area contributed by atoms with Crippen molar-refractivity contribution >= 4 is 23.4 Å². The molecule has 0 saturated heterocycles. The van der Waals surface area contributed by atoms with Gasteiger partial charge in [-0.3, -0.25) is 4.79 Å². The third-order valence-electron chi connectivity index (χ3n) is 2.85. The Morgan fingerprint density at radius 3 is 2.79 bits per heavy atom. The number of carbonyl (C=O) groups excluding carboxylic acids is 1. The van der Waals surface area contributed by atoms with Gasteiger partial charge < -0.3 is 10.6 Å². The normalized spacial score (nSPS) is 10.3. The lowest BCUT2D eigenvalue weighted by Gasteiger charge is -2.12. The Balaban J connectivity index is 2.57. The molecular weight excluding hydrogens is 256 g/mol. The molecule has 0 aliphatic rings. The van der Waals surface area contributed by atoms with Crippen molar-refractivity contribution in [1.29, 1.82) is 0 Å². The van der Waals surface area contributed by atoms with Crippen molar-refractivity contribution in [3.05, 3.63) is 29.3 Å². The number of aryl methyl sites for hydroxylation is 1. The molecule has 0 unspecified atom stereocenters. The van der Waals surface area contributed by atoms with Crippen molar-refractivity contribution in [2.75, 3.05) is 30.4 Å². The molecule has 3 nitrogen and oxygen atoms in total. The molecule has 0 aromatic heterocycles. The Morgan fingerprint density at radius 1 is 1.32 bits per heavy atom. The minimum absolute atomic E-state index is 0.0174. The van der Waals surface area contributed by atoms with E-state index in [0.717, 1.165) is 48.5 Å². The van der Waals surface area contributed by atoms with Gasteiger partial charge in [0.15, 0.2) is 0 Å². The van der Waals surface area contributed by atoms with Crippen LogP contribution in [0.4, 0.5) is 5.69 Å². The molecule has 1 aromatic rings. The van der Waals surface area contributed by atoms with E-state index in [1.54, 1.807) is 0 Å². The summed E-state index contributed by atoms with van der Waals surface area (Å²) < 4.78 is 0. The maximum Gasteiger partial charge on any atom is 0.253 e. The van der Waals surface area contributed by atoms with Crippen LogP contribution in [0, 0.1) is 6.92 Å². The van der Waals surface area contributed by atoms with Crippen LogP contribution < -0.4 is 10.6 Å². The van der Waals surface area contributed by atoms with Crippen LogP contribution in [0.3, 0.4) is 0 Å². The number of benzene rings is 1. The van der Waals surface area contributed by atoms with Gasteiger partial charge in [-0.2, -0.15) is 11.8 Å². The van der Waals surface area contributed by atoms with Crippen molar-refractivity contribution in [1.82, 2.24) is 5.32 Å². The van der Waals surface area contributed by atoms with Crippen LogP contribution in [0.2, 0.25) is 0 Å². The first-order chi connectivity index (χ1) is 9.19. The molecule has 1 rings (SSSR count). The van der Waals surface area contributed by atoms with Crippen LogP contribution in [0.25, 0.3) is 0 Å². The van der Waals surface area contributed by atoms with Crippen LogP contribution >= 0.6 is 11.8 Å². The SMILES string of the molecule is CCNc1ccc(C)cc1C(=O)NCCCCSC. The average Bonchev–Trinajstić information content (AvgIpc) is 2.40. The molecule has 0 aliphatic heterocycles. The second kappa shape index (κ2) is 8.86. The Morgan fingerprint density at radius 2 is 2.11 bits per heavy atom. The van der Waals surface area contributed by atoms with Gasteiger partial charge in [-0.25, -0.2) is 0 Å². The first kappa shape index (κ1) is 15.9. The lowest BCUT2D eigenvalue weighted by atomic mass is 10.1. The zero-order valence-electron chi connectivity index (χ0n) is 12.1. The van der Waals surface area contributed by atoms with Crippen LogP contribution in [-0.4, -0.2) is 31.0 Å². The fraction of sp³-hybridized carbons (Fsp3) is 0.533. The van der Waals surface area contributed by atoms with Gasteiger partial charge in [0.2, 0.25) is 0 Å². The van der Waals surface area contributed by atoms with E-state index in [2.05, 4.69) is 16.9 Å². The number of hydrogen-bond acceptors (Lipinski definition) is 3. The molecule has 106 valence electrons. The minimum Gasteiger partial charge on any atom is -0.385 e. The van der Waals surface area contributed by atoms with Crippen LogP contribution in [0.1, 0.15) is 35.7 Å². The van der Waals surface area contributed by atoms with E-state index in [9.17, 15) is 4.79 Å². The van der Waals surface area contributed by atoms with Crippen molar-refractivity contribution in [2.45, 2.75) is 26.7 Å². The summed E-state index contributed by atoms with van der Waals surface area (Å²) >= 11 is 1.85. The predicted molar refractivity (Wildman–Crippen MR) is 85.3 cm³/mol. The number of thioether (sulfide) groups is 1. The van der Waals surface area contributed by atoms with Gasteiger partial charge in [-0.05, 0) is 50.8 Å². The van der Waals surface area contributed by atoms with Crippen molar-refractivity contribution in [2.24, 2.45) is 0 Å². The predicted octanol–water partition coefficient (Wildman–Crippen LogP) is 3.30. The molecule has 0 spiro atoms. The fourth-order valence-corrected chi connectivity index (χ4v) is 2.35. The monoisotopic (exact) mass is 280 g/mol. The van der Waals surface area contributed by atoms with Gasteiger partial charge in [-0.1, -0.05) is 11.6 Å². The molecule has 1 aromatic carbocycles. The number of anilines is 1. The van der Waals surface area contributed by atoms with Gasteiger partial charge in [0.05, 0.1) is 5.56 Å². The Hall–Kier alpha value is -1.16. The second-order valence-electron chi connectivity index (χ2n) is 4.54. The quantitative estimate of drug-likeness (QED) is 0.718. The number of hydrogen-bond donors (Lipinski definition) is 2. The number of amides is 1. The highest BCUT2D eigenvalue weighted by Crippen LogP contribution is 2.17. The van der Waals surface area contributed by atoms with Gasteiger partial charge >= 0.3 is 0 Å². The van der Waals surface area contributed by atoms with Crippen LogP contribution in [-0.2, 0) is 0 Å². The smallest absolute Gasteiger partial charge is 0.253 e. The number of nitrogens with one attached hydrogen (secondary N) is 2. The molecule has 0 atom stereocenters. The Bertz CT molecular complexity index is 407. The Kier molecular flexibility index (Phi) is 7.41. The molecule has 4 heteroatoms. The van der Waals surface area contributed by atoms with E-state index in [0.29, 0.717) is 0 Å². The van der Waals surface area contributed by atoms with Gasteiger partial charge in [-0.15, -0.1) is 0 Å². The summed E-state index contributed by atoms with van der Waals surface area (Å²) in [7, 11) is 0. The molecule has 0 radical (unpaired) electrons. The molecule has 19 heavy (non-hydrogen) atoms. The highest BCUT2D eigenvalue weighted by molar-refractivity contribution is 7.98. The molecule has 0 fully saturated rings. The minimum atomic E-state index is 0.0174. The summed E-state index contributed by atoms with van der Waals surface area (Å²) in [4.78, 5) is 12.2. The van der Waals surface area contributed by atoms with E-state index in [1.807, 2.05) is 43.8 Å². The lowest BCUT2D eigenvalue weighted by Crippen LogP contribution is -2.25. The van der Waals surface area contributed by atoms with E-state index >= 15 is 0 Å². The van der Waals surface area contributed by atoms with E-state index < -0.39 is 0 Å². The number of carbonyl (C=O) groups is 1. The highest BCUT2D eigenvalue weighted by atomic mass is 32.2. The molecular formula is C15H24N2OS. The lowest BCUT2D eigenvalue weighted by molar-refractivity contribution is 0.0954. The summed E-state index contributed by atoms with van der Waals surface area (Å²) in [5.74, 6) is 1.17. The average molecular weight is 280 g/mol. The molecule has 2 N–H and O–H groups in total. The van der Waals surface area contributed by atoms with E-state index in [1.165, 1.54) is 0 Å². The van der Waals surface area contributed by atoms with Crippen LogP contribution in [0.15, 0.2) is 18.2 Å². The first-order valence-electron chi connectivity index (χ1n) is 6.80. The van der Waals surface area contributed by atoms with Gasteiger partial charge in [0.25, 0.3) is 5.91 Å². The summed E-state index contributed by atoms with van der Waals surface area (Å²) in [5.41, 5.74) is 2.76. The number of unbranched alkanes of at least 4 members (excludes halogenated alkanes) is 1. The zero-order valence-corrected chi connectivity index (χ0v) is 12.9. The molecule has 0 heterocycles. The van der Waals surface area contributed by atoms with Crippen LogP contribution in [0.5, 0.6) is 0 Å². The van der Waals surface area contributed by atoms with E-state index in [-0.39, 0.29) is 5.91 Å². The maximum atomic E-state index is 12.2. The maximum absolute atomic E-state index is 12.2. The zero-order chi connectivity index (χ0) is 14.1. The molecule has 0 saturated carbocycles. The third kappa shape index (κ3) is 5.55. The molecule has 1 amide bonds. The molecule has 0 bridgehead atoms. The molecule has 0 aliphatic carbocycles. The first-order valence-corrected chi connectivity index (χ1v) is 8.20. The summed E-state index contributed by atoms with van der Waals surface area (Å²) in [6.07, 6.45) is 4.29. The van der Waals surface area contributed by atoms with Crippen molar-refractivity contribution in [3.63, 3.8) is 0 Å². The standard InChI is InChI=1S/C15H24N2OS/c1-4-16-14-8-7-12(2)11-13(14)15(18)17-9-5-6-10-19-3/h7-8,11,16H,4-6,9-10H2,1-3H3,(H,17,18). The largest absolute Gasteiger partial charge is 0.385 e. The van der Waals surface area contributed by atoms with Crippen molar-refractivity contribution in [3.8, 4) is 0 Å². The van der Waals surface area contributed by atoms with E-state index in [4.69, 9.17) is 0 Å². The van der Waals surface area contributed by atoms with Gasteiger partial charge in [0.1, 0.15) is 0 Å².